The fraction of sp³-hybridized carbons (Fsp3) is 0.588. The largest absolute Gasteiger partial charge is 0.478 e. The minimum Gasteiger partial charge on any atom is -0.478 e. The summed E-state index contributed by atoms with van der Waals surface area (Å²) in [4.78, 5) is 13.4. The zero-order valence-corrected chi connectivity index (χ0v) is 13.0. The molecule has 1 aliphatic rings. The van der Waals surface area contributed by atoms with E-state index in [0.717, 1.165) is 12.2 Å². The molecule has 0 radical (unpaired) electrons. The maximum Gasteiger partial charge on any atom is 0.335 e. The number of likely N-dealkylation sites (tertiary alicyclic amines) is 1. The number of aromatic carboxylic acids is 1. The van der Waals surface area contributed by atoms with E-state index in [1.165, 1.54) is 32.4 Å². The van der Waals surface area contributed by atoms with E-state index < -0.39 is 5.97 Å². The molecule has 4 heteroatoms. The number of carboxylic acid groups (broad SMARTS) is 1. The van der Waals surface area contributed by atoms with Crippen LogP contribution < -0.4 is 5.32 Å². The Labute approximate surface area is 127 Å². The van der Waals surface area contributed by atoms with Gasteiger partial charge in [-0.25, -0.2) is 4.79 Å². The molecule has 1 fully saturated rings. The molecule has 1 heterocycles. The number of nitrogens with one attached hydrogen (secondary N) is 1. The van der Waals surface area contributed by atoms with Crippen LogP contribution in [-0.4, -0.2) is 41.7 Å². The number of carbonyl (C=O) groups is 1. The van der Waals surface area contributed by atoms with Crippen molar-refractivity contribution in [3.8, 4) is 0 Å². The molecule has 1 aliphatic heterocycles. The van der Waals surface area contributed by atoms with Gasteiger partial charge in [-0.05, 0) is 69.5 Å². The number of hydrogen-bond acceptors (Lipinski definition) is 3. The van der Waals surface area contributed by atoms with Crippen molar-refractivity contribution < 1.29 is 9.90 Å². The lowest BCUT2D eigenvalue weighted by Crippen LogP contribution is -2.42. The van der Waals surface area contributed by atoms with E-state index in [2.05, 4.69) is 24.1 Å². The molecule has 0 bridgehead atoms. The summed E-state index contributed by atoms with van der Waals surface area (Å²) >= 11 is 0. The Morgan fingerprint density at radius 3 is 2.76 bits per heavy atom. The molecule has 1 aromatic carbocycles. The smallest absolute Gasteiger partial charge is 0.335 e. The highest BCUT2D eigenvalue weighted by Gasteiger charge is 2.24. The fourth-order valence-corrected chi connectivity index (χ4v) is 3.11. The summed E-state index contributed by atoms with van der Waals surface area (Å²) in [6, 6.07) is 7.42. The van der Waals surface area contributed by atoms with Gasteiger partial charge in [0.2, 0.25) is 0 Å². The Morgan fingerprint density at radius 2 is 2.14 bits per heavy atom. The number of piperidine rings is 1. The minimum absolute atomic E-state index is 0.333. The highest BCUT2D eigenvalue weighted by molar-refractivity contribution is 5.87. The van der Waals surface area contributed by atoms with Gasteiger partial charge < -0.3 is 15.3 Å². The van der Waals surface area contributed by atoms with Crippen LogP contribution in [0.1, 0.15) is 43.5 Å². The van der Waals surface area contributed by atoms with Gasteiger partial charge in [0.25, 0.3) is 0 Å². The summed E-state index contributed by atoms with van der Waals surface area (Å²) in [5.74, 6) is -0.221. The van der Waals surface area contributed by atoms with Crippen LogP contribution >= 0.6 is 0 Å². The summed E-state index contributed by atoms with van der Waals surface area (Å²) in [5.41, 5.74) is 1.33. The SMILES string of the molecule is CCCN1CCCC(C(C)Nc2ccc(C(=O)O)cc2)C1. The van der Waals surface area contributed by atoms with E-state index in [1.807, 2.05) is 12.1 Å². The Bertz CT molecular complexity index is 456. The van der Waals surface area contributed by atoms with Crippen molar-refractivity contribution in [2.24, 2.45) is 5.92 Å². The molecular formula is C17H26N2O2. The van der Waals surface area contributed by atoms with Gasteiger partial charge >= 0.3 is 5.97 Å². The Morgan fingerprint density at radius 1 is 1.43 bits per heavy atom. The van der Waals surface area contributed by atoms with Crippen LogP contribution in [0.25, 0.3) is 0 Å². The highest BCUT2D eigenvalue weighted by Crippen LogP contribution is 2.22. The zero-order chi connectivity index (χ0) is 15.2. The average molecular weight is 290 g/mol. The van der Waals surface area contributed by atoms with Crippen molar-refractivity contribution >= 4 is 11.7 Å². The quantitative estimate of drug-likeness (QED) is 0.844. The summed E-state index contributed by atoms with van der Waals surface area (Å²) in [6.07, 6.45) is 3.75. The van der Waals surface area contributed by atoms with E-state index in [4.69, 9.17) is 5.11 Å². The summed E-state index contributed by atoms with van der Waals surface area (Å²) in [5, 5.41) is 12.4. The molecule has 2 atom stereocenters. The van der Waals surface area contributed by atoms with Crippen LogP contribution in [0, 0.1) is 5.92 Å². The molecule has 0 aliphatic carbocycles. The molecule has 0 aromatic heterocycles. The van der Waals surface area contributed by atoms with Crippen LogP contribution in [0.3, 0.4) is 0 Å². The topological polar surface area (TPSA) is 52.6 Å². The summed E-state index contributed by atoms with van der Waals surface area (Å²) < 4.78 is 0. The van der Waals surface area contributed by atoms with Crippen molar-refractivity contribution in [2.75, 3.05) is 25.0 Å². The third kappa shape index (κ3) is 4.46. The predicted molar refractivity (Wildman–Crippen MR) is 85.9 cm³/mol. The molecule has 21 heavy (non-hydrogen) atoms. The van der Waals surface area contributed by atoms with E-state index in [-0.39, 0.29) is 0 Å². The number of carboxylic acids is 1. The second-order valence-electron chi connectivity index (χ2n) is 6.02. The monoisotopic (exact) mass is 290 g/mol. The van der Waals surface area contributed by atoms with Crippen molar-refractivity contribution in [2.45, 2.75) is 39.2 Å². The second-order valence-corrected chi connectivity index (χ2v) is 6.02. The molecule has 116 valence electrons. The summed E-state index contributed by atoms with van der Waals surface area (Å²) in [6.45, 7) is 8.04. The van der Waals surface area contributed by atoms with Crippen molar-refractivity contribution in [1.82, 2.24) is 4.90 Å². The average Bonchev–Trinajstić information content (AvgIpc) is 2.48. The molecule has 0 saturated carbocycles. The lowest BCUT2D eigenvalue weighted by Gasteiger charge is -2.36. The normalized spacial score (nSPS) is 21.0. The van der Waals surface area contributed by atoms with Crippen LogP contribution in [0.4, 0.5) is 5.69 Å². The van der Waals surface area contributed by atoms with Crippen LogP contribution in [0.5, 0.6) is 0 Å². The van der Waals surface area contributed by atoms with Gasteiger partial charge in [-0.15, -0.1) is 0 Å². The van der Waals surface area contributed by atoms with Crippen molar-refractivity contribution in [3.63, 3.8) is 0 Å². The van der Waals surface area contributed by atoms with E-state index in [9.17, 15) is 4.79 Å². The number of benzene rings is 1. The van der Waals surface area contributed by atoms with Crippen LogP contribution in [-0.2, 0) is 0 Å². The van der Waals surface area contributed by atoms with Crippen LogP contribution in [0.15, 0.2) is 24.3 Å². The number of anilines is 1. The van der Waals surface area contributed by atoms with Gasteiger partial charge in [0.15, 0.2) is 0 Å². The molecule has 4 nitrogen and oxygen atoms in total. The second kappa shape index (κ2) is 7.46. The van der Waals surface area contributed by atoms with Crippen LogP contribution in [0.2, 0.25) is 0 Å². The highest BCUT2D eigenvalue weighted by atomic mass is 16.4. The molecule has 1 aromatic rings. The minimum atomic E-state index is -0.878. The van der Waals surface area contributed by atoms with Crippen molar-refractivity contribution in [1.29, 1.82) is 0 Å². The maximum absolute atomic E-state index is 10.9. The number of hydrogen-bond donors (Lipinski definition) is 2. The molecule has 0 spiro atoms. The van der Waals surface area contributed by atoms with E-state index in [1.54, 1.807) is 12.1 Å². The van der Waals surface area contributed by atoms with Gasteiger partial charge in [0, 0.05) is 18.3 Å². The molecular weight excluding hydrogens is 264 g/mol. The third-order valence-electron chi connectivity index (χ3n) is 4.32. The van der Waals surface area contributed by atoms with Gasteiger partial charge in [-0.3, -0.25) is 0 Å². The third-order valence-corrected chi connectivity index (χ3v) is 4.32. The van der Waals surface area contributed by atoms with E-state index in [0.29, 0.717) is 17.5 Å². The molecule has 0 amide bonds. The lowest BCUT2D eigenvalue weighted by atomic mass is 9.91. The van der Waals surface area contributed by atoms with Gasteiger partial charge in [-0.2, -0.15) is 0 Å². The van der Waals surface area contributed by atoms with Gasteiger partial charge in [-0.1, -0.05) is 6.92 Å². The lowest BCUT2D eigenvalue weighted by molar-refractivity contribution is 0.0697. The van der Waals surface area contributed by atoms with Gasteiger partial charge in [0.1, 0.15) is 0 Å². The molecule has 1 saturated heterocycles. The maximum atomic E-state index is 10.9. The fourth-order valence-electron chi connectivity index (χ4n) is 3.11. The number of rotatable bonds is 6. The molecule has 2 rings (SSSR count). The van der Waals surface area contributed by atoms with Gasteiger partial charge in [0.05, 0.1) is 5.56 Å². The first-order valence-electron chi connectivity index (χ1n) is 7.92. The van der Waals surface area contributed by atoms with E-state index >= 15 is 0 Å². The standard InChI is InChI=1S/C17H26N2O2/c1-3-10-19-11-4-5-15(12-19)13(2)18-16-8-6-14(7-9-16)17(20)21/h6-9,13,15,18H,3-5,10-12H2,1-2H3,(H,20,21). The zero-order valence-electron chi connectivity index (χ0n) is 13.0. The Hall–Kier alpha value is -1.55. The predicted octanol–water partition coefficient (Wildman–Crippen LogP) is 3.31. The first-order chi connectivity index (χ1) is 10.1. The number of nitrogens with zero attached hydrogens (tertiary/aromatic N) is 1. The molecule has 2 N–H and O–H groups in total. The first kappa shape index (κ1) is 15.8. The summed E-state index contributed by atoms with van der Waals surface area (Å²) in [7, 11) is 0. The Balaban J connectivity index is 1.91. The molecule has 2 unspecified atom stereocenters. The van der Waals surface area contributed by atoms with Crippen molar-refractivity contribution in [3.05, 3.63) is 29.8 Å². The Kier molecular flexibility index (Phi) is 5.62. The first-order valence-corrected chi connectivity index (χ1v) is 7.92.